The average Bonchev–Trinajstić information content (AvgIpc) is 3.58. The van der Waals surface area contributed by atoms with Crippen LogP contribution in [-0.2, 0) is 10.8 Å². The standard InChI is InChI=1S/C72H60BN3/c1-71(2,3)56-31-39-58(40-32-56)74(59-41-33-57(34-42-59)72(4,5)6)62-43-45-66-68(48-62)75(60-35-26-52(27-36-60)49-18-10-7-11-19-49)70-63-25-17-16-24-55(63)46-65-64-44-30-54(51-22-14-9-15-23-51)47-67(64)76(73(66)69(65)70)61-37-28-53(29-38-61)50-20-12-8-13-21-50/h7-48H,1-6H3. The van der Waals surface area contributed by atoms with E-state index in [9.17, 15) is 0 Å². The predicted octanol–water partition coefficient (Wildman–Crippen LogP) is 18.6. The first-order valence-corrected chi connectivity index (χ1v) is 26.8. The molecule has 0 saturated heterocycles. The molecule has 3 nitrogen and oxygen atoms in total. The Bertz CT molecular complexity index is 3860. The van der Waals surface area contributed by atoms with E-state index in [1.165, 1.54) is 88.7 Å². The van der Waals surface area contributed by atoms with Crippen molar-refractivity contribution >= 4 is 74.0 Å². The Morgan fingerprint density at radius 2 is 0.816 bits per heavy atom. The van der Waals surface area contributed by atoms with Crippen LogP contribution in [-0.4, -0.2) is 6.85 Å². The van der Waals surface area contributed by atoms with Crippen molar-refractivity contribution < 1.29 is 0 Å². The lowest BCUT2D eigenvalue weighted by atomic mass is 9.43. The molecule has 0 amide bonds. The Balaban J connectivity index is 1.10. The zero-order chi connectivity index (χ0) is 51.7. The van der Waals surface area contributed by atoms with Gasteiger partial charge in [-0.3, -0.25) is 0 Å². The summed E-state index contributed by atoms with van der Waals surface area (Å²) in [7, 11) is 0. The van der Waals surface area contributed by atoms with Gasteiger partial charge in [-0.2, -0.15) is 0 Å². The summed E-state index contributed by atoms with van der Waals surface area (Å²) in [6.45, 7) is 13.5. The van der Waals surface area contributed by atoms with Crippen LogP contribution in [0.5, 0.6) is 0 Å². The largest absolute Gasteiger partial charge is 0.376 e. The molecule has 0 N–H and O–H groups in total. The Hall–Kier alpha value is -8.86. The molecule has 0 fully saturated rings. The zero-order valence-electron chi connectivity index (χ0n) is 44.2. The van der Waals surface area contributed by atoms with E-state index in [0.717, 1.165) is 34.1 Å². The molecule has 0 aliphatic carbocycles. The highest BCUT2D eigenvalue weighted by atomic mass is 15.2. The van der Waals surface area contributed by atoms with Gasteiger partial charge in [0.2, 0.25) is 0 Å². The topological polar surface area (TPSA) is 9.72 Å². The smallest absolute Gasteiger partial charge is 0.333 e. The minimum Gasteiger partial charge on any atom is -0.376 e. The van der Waals surface area contributed by atoms with Crippen LogP contribution >= 0.6 is 0 Å². The minimum absolute atomic E-state index is 0.0172. The minimum atomic E-state index is -0.190. The number of fused-ring (bicyclic) bond motifs is 6. The van der Waals surface area contributed by atoms with Crippen molar-refractivity contribution in [2.75, 3.05) is 14.6 Å². The van der Waals surface area contributed by atoms with Gasteiger partial charge in [-0.05, 0) is 150 Å². The summed E-state index contributed by atoms with van der Waals surface area (Å²) >= 11 is 0. The van der Waals surface area contributed by atoms with Gasteiger partial charge in [-0.1, -0.05) is 224 Å². The maximum atomic E-state index is 2.64. The summed E-state index contributed by atoms with van der Waals surface area (Å²) in [5.74, 6) is 0. The second-order valence-corrected chi connectivity index (χ2v) is 22.6. The third-order valence-electron chi connectivity index (χ3n) is 15.7. The Labute approximate surface area is 449 Å². The summed E-state index contributed by atoms with van der Waals surface area (Å²) in [4.78, 5) is 7.66. The number of anilines is 8. The van der Waals surface area contributed by atoms with Gasteiger partial charge in [-0.25, -0.2) is 0 Å². The molecule has 13 rings (SSSR count). The van der Waals surface area contributed by atoms with Crippen molar-refractivity contribution in [3.63, 3.8) is 0 Å². The highest BCUT2D eigenvalue weighted by Crippen LogP contribution is 2.51. The van der Waals surface area contributed by atoms with E-state index in [1.807, 2.05) is 0 Å². The summed E-state index contributed by atoms with van der Waals surface area (Å²) in [6.07, 6.45) is 0. The zero-order valence-corrected chi connectivity index (χ0v) is 44.2. The third-order valence-corrected chi connectivity index (χ3v) is 15.7. The van der Waals surface area contributed by atoms with Gasteiger partial charge in [0.25, 0.3) is 0 Å². The summed E-state index contributed by atoms with van der Waals surface area (Å²) in [5, 5.41) is 2.42. The first kappa shape index (κ1) is 46.9. The van der Waals surface area contributed by atoms with Crippen LogP contribution in [0, 0.1) is 0 Å². The summed E-state index contributed by atoms with van der Waals surface area (Å²) in [5.41, 5.74) is 23.9. The Morgan fingerprint density at radius 1 is 0.355 bits per heavy atom. The molecule has 76 heavy (non-hydrogen) atoms. The van der Waals surface area contributed by atoms with E-state index in [0.29, 0.717) is 0 Å². The van der Waals surface area contributed by atoms with Crippen molar-refractivity contribution in [3.05, 3.63) is 266 Å². The molecule has 2 heterocycles. The number of rotatable bonds is 8. The fourth-order valence-electron chi connectivity index (χ4n) is 11.7. The quantitative estimate of drug-likeness (QED) is 0.141. The van der Waals surface area contributed by atoms with Crippen molar-refractivity contribution in [2.45, 2.75) is 52.4 Å². The molecular formula is C72H60BN3. The van der Waals surface area contributed by atoms with Crippen LogP contribution in [0.4, 0.5) is 45.5 Å². The lowest BCUT2D eigenvalue weighted by Crippen LogP contribution is -2.61. The molecule has 2 aliphatic heterocycles. The molecule has 0 bridgehead atoms. The van der Waals surface area contributed by atoms with Crippen LogP contribution in [0.25, 0.3) is 55.3 Å². The van der Waals surface area contributed by atoms with Crippen LogP contribution in [0.3, 0.4) is 0 Å². The first-order valence-electron chi connectivity index (χ1n) is 26.8. The van der Waals surface area contributed by atoms with Crippen molar-refractivity contribution in [3.8, 4) is 44.5 Å². The fourth-order valence-corrected chi connectivity index (χ4v) is 11.7. The van der Waals surface area contributed by atoms with E-state index in [-0.39, 0.29) is 17.7 Å². The van der Waals surface area contributed by atoms with Crippen molar-refractivity contribution in [1.82, 2.24) is 0 Å². The van der Waals surface area contributed by atoms with Gasteiger partial charge in [0.05, 0.1) is 5.69 Å². The summed E-state index contributed by atoms with van der Waals surface area (Å²) < 4.78 is 0. The van der Waals surface area contributed by atoms with Gasteiger partial charge in [0, 0.05) is 50.8 Å². The van der Waals surface area contributed by atoms with E-state index in [1.54, 1.807) is 0 Å². The summed E-state index contributed by atoms with van der Waals surface area (Å²) in [6, 6.07) is 95.0. The Kier molecular flexibility index (Phi) is 11.4. The van der Waals surface area contributed by atoms with E-state index in [4.69, 9.17) is 0 Å². The number of nitrogens with zero attached hydrogens (tertiary/aromatic N) is 3. The van der Waals surface area contributed by atoms with E-state index in [2.05, 4.69) is 311 Å². The predicted molar refractivity (Wildman–Crippen MR) is 326 cm³/mol. The maximum Gasteiger partial charge on any atom is 0.333 e. The highest BCUT2D eigenvalue weighted by molar-refractivity contribution is 6.94. The normalized spacial score (nSPS) is 12.8. The molecular weight excluding hydrogens is 918 g/mol. The first-order chi connectivity index (χ1) is 37.0. The molecule has 0 atom stereocenters. The lowest BCUT2D eigenvalue weighted by molar-refractivity contribution is 0.590. The van der Waals surface area contributed by atoms with Crippen LogP contribution in [0.2, 0.25) is 0 Å². The monoisotopic (exact) mass is 977 g/mol. The molecule has 0 unspecified atom stereocenters. The molecule has 0 aromatic heterocycles. The molecule has 2 aliphatic rings. The van der Waals surface area contributed by atoms with Gasteiger partial charge in [-0.15, -0.1) is 0 Å². The van der Waals surface area contributed by atoms with E-state index < -0.39 is 0 Å². The Morgan fingerprint density at radius 3 is 1.36 bits per heavy atom. The van der Waals surface area contributed by atoms with Crippen LogP contribution in [0.15, 0.2) is 255 Å². The molecule has 366 valence electrons. The fraction of sp³-hybridized carbons (Fsp3) is 0.111. The van der Waals surface area contributed by atoms with Crippen LogP contribution < -0.4 is 25.5 Å². The molecule has 11 aromatic rings. The lowest BCUT2D eigenvalue weighted by Gasteiger charge is -2.46. The van der Waals surface area contributed by atoms with Crippen LogP contribution in [0.1, 0.15) is 52.7 Å². The van der Waals surface area contributed by atoms with E-state index >= 15 is 0 Å². The van der Waals surface area contributed by atoms with Gasteiger partial charge in [0.1, 0.15) is 0 Å². The molecule has 0 spiro atoms. The molecule has 11 aromatic carbocycles. The second-order valence-electron chi connectivity index (χ2n) is 22.6. The van der Waals surface area contributed by atoms with Gasteiger partial charge in [0.15, 0.2) is 0 Å². The van der Waals surface area contributed by atoms with Crippen molar-refractivity contribution in [2.24, 2.45) is 0 Å². The molecule has 0 radical (unpaired) electrons. The highest BCUT2D eigenvalue weighted by Gasteiger charge is 2.46. The molecule has 0 saturated carbocycles. The third kappa shape index (κ3) is 8.26. The number of hydrogen-bond donors (Lipinski definition) is 0. The number of hydrogen-bond acceptors (Lipinski definition) is 3. The second kappa shape index (κ2) is 18.5. The maximum absolute atomic E-state index is 2.64. The molecule has 4 heteroatoms. The van der Waals surface area contributed by atoms with Crippen molar-refractivity contribution in [1.29, 1.82) is 0 Å². The van der Waals surface area contributed by atoms with Gasteiger partial charge < -0.3 is 14.6 Å². The van der Waals surface area contributed by atoms with Gasteiger partial charge >= 0.3 is 6.85 Å². The number of benzene rings is 11. The SMILES string of the molecule is CC(C)(C)c1ccc(N(c2ccc(C(C)(C)C)cc2)c2ccc3c(c2)N(c2ccc(-c4ccccc4)cc2)c2c4c(cc5ccccc25)-c2ccc(-c5ccccc5)cc2N(c2ccc(-c5ccccc5)cc2)B34)cc1. The average molecular weight is 978 g/mol.